The number of nitrogens with one attached hydrogen (secondary N) is 2. The van der Waals surface area contributed by atoms with E-state index in [0.29, 0.717) is 18.2 Å². The molecule has 0 bridgehead atoms. The van der Waals surface area contributed by atoms with E-state index < -0.39 is 0 Å². The molecule has 2 rings (SSSR count). The van der Waals surface area contributed by atoms with Crippen LogP contribution in [0.1, 0.15) is 17.3 Å². The van der Waals surface area contributed by atoms with Gasteiger partial charge in [0.2, 0.25) is 0 Å². The Labute approximate surface area is 107 Å². The van der Waals surface area contributed by atoms with Crippen molar-refractivity contribution in [2.45, 2.75) is 13.0 Å². The van der Waals surface area contributed by atoms with Crippen molar-refractivity contribution in [3.05, 3.63) is 36.0 Å². The maximum atomic E-state index is 12.1. The predicted octanol–water partition coefficient (Wildman–Crippen LogP) is 1.65. The van der Waals surface area contributed by atoms with E-state index in [1.165, 1.54) is 0 Å². The Bertz CT molecular complexity index is 545. The van der Waals surface area contributed by atoms with Gasteiger partial charge < -0.3 is 15.2 Å². The predicted molar refractivity (Wildman–Crippen MR) is 72.6 cm³/mol. The van der Waals surface area contributed by atoms with Gasteiger partial charge in [0.1, 0.15) is 0 Å². The summed E-state index contributed by atoms with van der Waals surface area (Å²) < 4.78 is 0. The molecule has 0 fully saturated rings. The Kier molecular flexibility index (Phi) is 3.67. The summed E-state index contributed by atoms with van der Waals surface area (Å²) in [5.41, 5.74) is 1.51. The number of rotatable bonds is 4. The number of nitrogens with zero attached hydrogens (tertiary/aromatic N) is 1. The van der Waals surface area contributed by atoms with Gasteiger partial charge in [0.15, 0.2) is 0 Å². The summed E-state index contributed by atoms with van der Waals surface area (Å²) in [4.78, 5) is 17.2. The molecule has 0 spiro atoms. The number of aromatic amines is 1. The molecule has 0 saturated carbocycles. The van der Waals surface area contributed by atoms with E-state index in [1.54, 1.807) is 6.20 Å². The normalized spacial score (nSPS) is 12.9. The Morgan fingerprint density at radius 1 is 1.50 bits per heavy atom. The van der Waals surface area contributed by atoms with Crippen molar-refractivity contribution < 1.29 is 4.79 Å². The molecule has 2 aromatic rings. The first-order valence-corrected chi connectivity index (χ1v) is 6.02. The molecule has 1 unspecified atom stereocenters. The number of carbonyl (C=O) groups is 1. The minimum Gasteiger partial charge on any atom is -0.360 e. The van der Waals surface area contributed by atoms with Crippen molar-refractivity contribution in [2.24, 2.45) is 0 Å². The van der Waals surface area contributed by atoms with Crippen molar-refractivity contribution in [1.82, 2.24) is 15.2 Å². The molecule has 4 heteroatoms. The smallest absolute Gasteiger partial charge is 0.253 e. The van der Waals surface area contributed by atoms with Gasteiger partial charge >= 0.3 is 0 Å². The number of fused-ring (bicyclic) bond motifs is 1. The molecule has 1 amide bonds. The number of benzene rings is 1. The van der Waals surface area contributed by atoms with Gasteiger partial charge in [-0.2, -0.15) is 0 Å². The molecular weight excluding hydrogens is 226 g/mol. The molecule has 4 nitrogen and oxygen atoms in total. The van der Waals surface area contributed by atoms with Gasteiger partial charge in [-0.25, -0.2) is 0 Å². The van der Waals surface area contributed by atoms with Gasteiger partial charge in [0.05, 0.1) is 11.1 Å². The maximum Gasteiger partial charge on any atom is 0.253 e. The highest BCUT2D eigenvalue weighted by molar-refractivity contribution is 6.05. The van der Waals surface area contributed by atoms with Crippen LogP contribution in [-0.2, 0) is 0 Å². The summed E-state index contributed by atoms with van der Waals surface area (Å²) >= 11 is 0. The summed E-state index contributed by atoms with van der Waals surface area (Å²) in [5, 5.41) is 3.88. The van der Waals surface area contributed by atoms with Crippen LogP contribution >= 0.6 is 0 Å². The number of H-pyrrole nitrogens is 1. The number of amides is 1. The second kappa shape index (κ2) is 5.23. The quantitative estimate of drug-likeness (QED) is 0.859. The van der Waals surface area contributed by atoms with Crippen molar-refractivity contribution >= 4 is 16.8 Å². The molecule has 0 aliphatic heterocycles. The Morgan fingerprint density at radius 3 is 3.00 bits per heavy atom. The van der Waals surface area contributed by atoms with Gasteiger partial charge in [-0.1, -0.05) is 12.1 Å². The van der Waals surface area contributed by atoms with Crippen LogP contribution in [0.4, 0.5) is 0 Å². The molecule has 0 saturated heterocycles. The fourth-order valence-electron chi connectivity index (χ4n) is 1.72. The lowest BCUT2D eigenvalue weighted by atomic mass is 10.1. The summed E-state index contributed by atoms with van der Waals surface area (Å²) in [6, 6.07) is 8.99. The average Bonchev–Trinajstić information content (AvgIpc) is 2.83. The molecule has 1 heterocycles. The highest BCUT2D eigenvalue weighted by Crippen LogP contribution is 2.16. The Morgan fingerprint density at radius 2 is 2.28 bits per heavy atom. The van der Waals surface area contributed by atoms with Crippen molar-refractivity contribution in [1.29, 1.82) is 0 Å². The van der Waals surface area contributed by atoms with Crippen LogP contribution in [0, 0.1) is 6.07 Å². The molecular formula is C14H18N3O. The van der Waals surface area contributed by atoms with Crippen LogP contribution in [-0.4, -0.2) is 42.5 Å². The minimum absolute atomic E-state index is 0.0508. The zero-order valence-corrected chi connectivity index (χ0v) is 10.9. The van der Waals surface area contributed by atoms with Crippen LogP contribution in [0.3, 0.4) is 0 Å². The number of hydrogen-bond donors (Lipinski definition) is 2. The highest BCUT2D eigenvalue weighted by atomic mass is 16.1. The zero-order valence-electron chi connectivity index (χ0n) is 10.9. The van der Waals surface area contributed by atoms with Crippen molar-refractivity contribution in [3.63, 3.8) is 0 Å². The Hall–Kier alpha value is -1.81. The van der Waals surface area contributed by atoms with Gasteiger partial charge in [-0.05, 0) is 27.1 Å². The van der Waals surface area contributed by atoms with Gasteiger partial charge in [-0.15, -0.1) is 0 Å². The molecule has 1 aromatic carbocycles. The lowest BCUT2D eigenvalue weighted by Gasteiger charge is -2.20. The summed E-state index contributed by atoms with van der Waals surface area (Å²) in [6.07, 6.45) is 1.73. The number of likely N-dealkylation sites (N-methyl/N-ethyl adjacent to an activating group) is 1. The Balaban J connectivity index is 2.12. The second-order valence-electron chi connectivity index (χ2n) is 4.68. The van der Waals surface area contributed by atoms with E-state index in [1.807, 2.05) is 32.3 Å². The second-order valence-corrected chi connectivity index (χ2v) is 4.68. The molecule has 0 aliphatic carbocycles. The third-order valence-electron chi connectivity index (χ3n) is 3.19. The third-order valence-corrected chi connectivity index (χ3v) is 3.19. The average molecular weight is 244 g/mol. The molecule has 95 valence electrons. The van der Waals surface area contributed by atoms with E-state index in [-0.39, 0.29) is 5.91 Å². The van der Waals surface area contributed by atoms with E-state index >= 15 is 0 Å². The third kappa shape index (κ3) is 2.54. The van der Waals surface area contributed by atoms with Gasteiger partial charge in [0, 0.05) is 30.2 Å². The molecule has 18 heavy (non-hydrogen) atoms. The van der Waals surface area contributed by atoms with Crippen LogP contribution in [0.25, 0.3) is 10.9 Å². The van der Waals surface area contributed by atoms with Crippen LogP contribution in [0.5, 0.6) is 0 Å². The number of hydrogen-bond acceptors (Lipinski definition) is 2. The SMILES string of the molecule is CC(CNC(=O)c1cccc2[c]c[nH]c12)N(C)C. The minimum atomic E-state index is -0.0508. The van der Waals surface area contributed by atoms with E-state index in [2.05, 4.69) is 28.2 Å². The lowest BCUT2D eigenvalue weighted by molar-refractivity contribution is 0.0945. The fraction of sp³-hybridized carbons (Fsp3) is 0.357. The lowest BCUT2D eigenvalue weighted by Crippen LogP contribution is -2.38. The van der Waals surface area contributed by atoms with Gasteiger partial charge in [-0.3, -0.25) is 4.79 Å². The van der Waals surface area contributed by atoms with Crippen LogP contribution in [0.2, 0.25) is 0 Å². The van der Waals surface area contributed by atoms with Crippen molar-refractivity contribution in [2.75, 3.05) is 20.6 Å². The van der Waals surface area contributed by atoms with Crippen LogP contribution in [0.15, 0.2) is 24.4 Å². The maximum absolute atomic E-state index is 12.1. The summed E-state index contributed by atoms with van der Waals surface area (Å²) in [6.45, 7) is 2.70. The number of para-hydroxylation sites is 1. The van der Waals surface area contributed by atoms with E-state index in [9.17, 15) is 4.79 Å². The summed E-state index contributed by atoms with van der Waals surface area (Å²) in [7, 11) is 3.99. The topological polar surface area (TPSA) is 48.1 Å². The standard InChI is InChI=1S/C14H18N3O/c1-10(17(2)3)9-16-14(18)12-6-4-5-11-7-8-15-13(11)12/h4-6,8,10,15H,9H2,1-3H3,(H,16,18). The number of aromatic nitrogens is 1. The van der Waals surface area contributed by atoms with Crippen LogP contribution < -0.4 is 5.32 Å². The summed E-state index contributed by atoms with van der Waals surface area (Å²) in [5.74, 6) is -0.0508. The molecule has 1 radical (unpaired) electrons. The molecule has 1 aromatic heterocycles. The largest absolute Gasteiger partial charge is 0.360 e. The molecule has 2 N–H and O–H groups in total. The number of carbonyl (C=O) groups excluding carboxylic acids is 1. The monoisotopic (exact) mass is 244 g/mol. The fourth-order valence-corrected chi connectivity index (χ4v) is 1.72. The molecule has 0 aliphatic rings. The van der Waals surface area contributed by atoms with E-state index in [0.717, 1.165) is 10.9 Å². The highest BCUT2D eigenvalue weighted by Gasteiger charge is 2.12. The first kappa shape index (κ1) is 12.6. The molecule has 1 atom stereocenters. The van der Waals surface area contributed by atoms with Gasteiger partial charge in [0.25, 0.3) is 5.91 Å². The first-order valence-electron chi connectivity index (χ1n) is 6.02. The van der Waals surface area contributed by atoms with E-state index in [4.69, 9.17) is 0 Å². The van der Waals surface area contributed by atoms with Crippen molar-refractivity contribution in [3.8, 4) is 0 Å². The zero-order chi connectivity index (χ0) is 13.1. The first-order chi connectivity index (χ1) is 8.59.